The van der Waals surface area contributed by atoms with Gasteiger partial charge in [0.2, 0.25) is 5.91 Å². The van der Waals surface area contributed by atoms with Crippen molar-refractivity contribution in [1.29, 1.82) is 0 Å². The minimum absolute atomic E-state index is 0.193. The van der Waals surface area contributed by atoms with E-state index in [0.717, 1.165) is 44.8 Å². The van der Waals surface area contributed by atoms with Crippen molar-refractivity contribution >= 4 is 5.91 Å². The lowest BCUT2D eigenvalue weighted by atomic mass is 9.81. The molecule has 0 unspecified atom stereocenters. The van der Waals surface area contributed by atoms with E-state index in [0.29, 0.717) is 24.3 Å². The van der Waals surface area contributed by atoms with Crippen molar-refractivity contribution in [2.24, 2.45) is 5.92 Å². The fourth-order valence-corrected chi connectivity index (χ4v) is 6.26. The minimum atomic E-state index is 0.193. The number of fused-ring (bicyclic) bond motifs is 1. The highest BCUT2D eigenvalue weighted by Gasteiger charge is 2.40. The molecular formula is C32H38N2O2. The quantitative estimate of drug-likeness (QED) is 0.417. The van der Waals surface area contributed by atoms with Gasteiger partial charge in [0, 0.05) is 44.6 Å². The van der Waals surface area contributed by atoms with E-state index in [1.807, 2.05) is 0 Å². The lowest BCUT2D eigenvalue weighted by Crippen LogP contribution is -2.56. The maximum atomic E-state index is 13.3. The van der Waals surface area contributed by atoms with Crippen LogP contribution in [0.4, 0.5) is 0 Å². The van der Waals surface area contributed by atoms with Gasteiger partial charge in [-0.1, -0.05) is 66.7 Å². The summed E-state index contributed by atoms with van der Waals surface area (Å²) in [6.45, 7) is 8.10. The lowest BCUT2D eigenvalue weighted by Gasteiger charge is -2.48. The Bertz CT molecular complexity index is 1140. The van der Waals surface area contributed by atoms with Gasteiger partial charge in [-0.2, -0.15) is 0 Å². The molecule has 3 aromatic carbocycles. The number of nitrogens with zero attached hydrogens (tertiary/aromatic N) is 2. The molecule has 4 nitrogen and oxygen atoms in total. The van der Waals surface area contributed by atoms with E-state index < -0.39 is 0 Å². The van der Waals surface area contributed by atoms with Crippen LogP contribution >= 0.6 is 0 Å². The molecule has 1 amide bonds. The number of methoxy groups -OCH3 is 1. The summed E-state index contributed by atoms with van der Waals surface area (Å²) in [5, 5.41) is 0. The Balaban J connectivity index is 1.32. The van der Waals surface area contributed by atoms with Gasteiger partial charge in [0.1, 0.15) is 5.75 Å². The second-order valence-electron chi connectivity index (χ2n) is 10.6. The Hall–Kier alpha value is -3.11. The summed E-state index contributed by atoms with van der Waals surface area (Å²) in [5.41, 5.74) is 6.41. The molecule has 0 saturated carbocycles. The highest BCUT2D eigenvalue weighted by Crippen LogP contribution is 2.35. The van der Waals surface area contributed by atoms with E-state index in [2.05, 4.69) is 96.4 Å². The van der Waals surface area contributed by atoms with E-state index in [1.165, 1.54) is 27.8 Å². The highest BCUT2D eigenvalue weighted by molar-refractivity contribution is 5.77. The Morgan fingerprint density at radius 3 is 2.22 bits per heavy atom. The Morgan fingerprint density at radius 2 is 1.58 bits per heavy atom. The molecule has 0 spiro atoms. The fourth-order valence-electron chi connectivity index (χ4n) is 6.26. The van der Waals surface area contributed by atoms with Gasteiger partial charge < -0.3 is 9.64 Å². The van der Waals surface area contributed by atoms with Crippen molar-refractivity contribution in [1.82, 2.24) is 9.80 Å². The lowest BCUT2D eigenvalue weighted by molar-refractivity contribution is -0.141. The molecule has 0 aromatic heterocycles. The zero-order chi connectivity index (χ0) is 25.1. The van der Waals surface area contributed by atoms with Crippen LogP contribution in [0.5, 0.6) is 5.75 Å². The largest absolute Gasteiger partial charge is 0.496 e. The second-order valence-corrected chi connectivity index (χ2v) is 10.6. The summed E-state index contributed by atoms with van der Waals surface area (Å²) >= 11 is 0. The van der Waals surface area contributed by atoms with E-state index in [-0.39, 0.29) is 5.92 Å². The molecule has 188 valence electrons. The van der Waals surface area contributed by atoms with E-state index in [9.17, 15) is 4.79 Å². The van der Waals surface area contributed by atoms with Crippen LogP contribution in [-0.2, 0) is 11.3 Å². The van der Waals surface area contributed by atoms with Gasteiger partial charge in [-0.25, -0.2) is 0 Å². The molecular weight excluding hydrogens is 444 g/mol. The number of ether oxygens (including phenoxy) is 1. The first-order chi connectivity index (χ1) is 17.5. The molecule has 2 aliphatic rings. The van der Waals surface area contributed by atoms with Crippen LogP contribution in [0, 0.1) is 19.8 Å². The van der Waals surface area contributed by atoms with E-state index in [1.54, 1.807) is 7.11 Å². The molecule has 0 aliphatic carbocycles. The fraction of sp³-hybridized carbons (Fsp3) is 0.406. The first-order valence-electron chi connectivity index (χ1n) is 13.3. The van der Waals surface area contributed by atoms with Crippen LogP contribution in [0.3, 0.4) is 0 Å². The zero-order valence-corrected chi connectivity index (χ0v) is 21.8. The summed E-state index contributed by atoms with van der Waals surface area (Å²) in [5.74, 6) is 2.01. The maximum absolute atomic E-state index is 13.3. The normalized spacial score (nSPS) is 20.4. The Morgan fingerprint density at radius 1 is 0.917 bits per heavy atom. The van der Waals surface area contributed by atoms with Gasteiger partial charge in [-0.15, -0.1) is 0 Å². The highest BCUT2D eigenvalue weighted by atomic mass is 16.5. The number of carbonyl (C=O) groups excluding carboxylic acids is 1. The molecule has 0 radical (unpaired) electrons. The molecule has 5 rings (SSSR count). The van der Waals surface area contributed by atoms with Crippen LogP contribution in [-0.4, -0.2) is 48.5 Å². The number of amides is 1. The van der Waals surface area contributed by atoms with E-state index in [4.69, 9.17) is 4.74 Å². The van der Waals surface area contributed by atoms with Gasteiger partial charge in [0.05, 0.1) is 7.11 Å². The topological polar surface area (TPSA) is 32.8 Å². The second kappa shape index (κ2) is 10.9. The number of carbonyl (C=O) groups is 1. The zero-order valence-electron chi connectivity index (χ0n) is 21.8. The van der Waals surface area contributed by atoms with Crippen LogP contribution in [0.25, 0.3) is 0 Å². The van der Waals surface area contributed by atoms with Crippen molar-refractivity contribution < 1.29 is 9.53 Å². The van der Waals surface area contributed by atoms with Crippen molar-refractivity contribution in [3.8, 4) is 5.75 Å². The molecule has 2 fully saturated rings. The summed E-state index contributed by atoms with van der Waals surface area (Å²) in [4.78, 5) is 18.1. The van der Waals surface area contributed by atoms with Gasteiger partial charge in [0.15, 0.2) is 0 Å². The Labute approximate surface area is 215 Å². The average Bonchev–Trinajstić information content (AvgIpc) is 2.91. The third kappa shape index (κ3) is 5.19. The summed E-state index contributed by atoms with van der Waals surface area (Å²) in [7, 11) is 1.74. The SMILES string of the molecule is COc1cc(C)c(CN2CC[C@H]3[C@H](CCC(=O)N3CC(c3ccccc3)c3ccccc3)C2)cc1C. The first kappa shape index (κ1) is 24.6. The number of piperidine rings is 2. The van der Waals surface area contributed by atoms with Crippen LogP contribution in [0.15, 0.2) is 72.8 Å². The molecule has 0 bridgehead atoms. The number of rotatable bonds is 7. The smallest absolute Gasteiger partial charge is 0.222 e. The van der Waals surface area contributed by atoms with Crippen LogP contribution in [0.2, 0.25) is 0 Å². The van der Waals surface area contributed by atoms with Crippen molar-refractivity contribution in [3.63, 3.8) is 0 Å². The molecule has 2 heterocycles. The van der Waals surface area contributed by atoms with Crippen molar-refractivity contribution in [2.45, 2.75) is 51.6 Å². The van der Waals surface area contributed by atoms with Gasteiger partial charge in [-0.3, -0.25) is 9.69 Å². The third-order valence-electron chi connectivity index (χ3n) is 8.26. The van der Waals surface area contributed by atoms with Crippen molar-refractivity contribution in [2.75, 3.05) is 26.7 Å². The molecule has 36 heavy (non-hydrogen) atoms. The molecule has 0 N–H and O–H groups in total. The number of benzene rings is 3. The molecule has 2 aliphatic heterocycles. The monoisotopic (exact) mass is 482 g/mol. The average molecular weight is 483 g/mol. The number of hydrogen-bond donors (Lipinski definition) is 0. The summed E-state index contributed by atoms with van der Waals surface area (Å²) in [6.07, 6.45) is 2.70. The number of aryl methyl sites for hydroxylation is 2. The van der Waals surface area contributed by atoms with Gasteiger partial charge >= 0.3 is 0 Å². The molecule has 2 saturated heterocycles. The van der Waals surface area contributed by atoms with Crippen LogP contribution < -0.4 is 4.74 Å². The number of likely N-dealkylation sites (tertiary alicyclic amines) is 2. The minimum Gasteiger partial charge on any atom is -0.496 e. The molecule has 2 atom stereocenters. The maximum Gasteiger partial charge on any atom is 0.222 e. The predicted octanol–water partition coefficient (Wildman–Crippen LogP) is 5.96. The van der Waals surface area contributed by atoms with Gasteiger partial charge in [0.25, 0.3) is 0 Å². The summed E-state index contributed by atoms with van der Waals surface area (Å²) in [6, 6.07) is 26.1. The van der Waals surface area contributed by atoms with Crippen molar-refractivity contribution in [3.05, 3.63) is 101 Å². The van der Waals surface area contributed by atoms with Gasteiger partial charge in [-0.05, 0) is 66.5 Å². The Kier molecular flexibility index (Phi) is 7.43. The van der Waals surface area contributed by atoms with E-state index >= 15 is 0 Å². The standard InChI is InChI=1S/C32H38N2O2/c1-23-19-31(36-3)24(2)18-28(23)21-33-17-16-30-27(20-33)14-15-32(35)34(30)22-29(25-10-6-4-7-11-25)26-12-8-5-9-13-26/h4-13,18-19,27,29-30H,14-17,20-22H2,1-3H3/t27-,30+/m1/s1. The predicted molar refractivity (Wildman–Crippen MR) is 145 cm³/mol. The first-order valence-corrected chi connectivity index (χ1v) is 13.3. The summed E-state index contributed by atoms with van der Waals surface area (Å²) < 4.78 is 5.51. The molecule has 3 aromatic rings. The third-order valence-corrected chi connectivity index (χ3v) is 8.26. The number of hydrogen-bond acceptors (Lipinski definition) is 3. The molecule has 4 heteroatoms. The van der Waals surface area contributed by atoms with Crippen LogP contribution in [0.1, 0.15) is 53.0 Å².